The van der Waals surface area contributed by atoms with E-state index < -0.39 is 5.82 Å². The number of amides is 2. The van der Waals surface area contributed by atoms with Crippen LogP contribution in [-0.4, -0.2) is 59.3 Å². The van der Waals surface area contributed by atoms with E-state index in [0.29, 0.717) is 30.5 Å². The molecule has 8 heteroatoms. The largest absolute Gasteiger partial charge is 0.345 e. The Kier molecular flexibility index (Phi) is 7.77. The number of nitrogens with zero attached hydrogens (tertiary/aromatic N) is 3. The van der Waals surface area contributed by atoms with E-state index in [1.54, 1.807) is 17.2 Å². The molecule has 1 N–H and O–H groups in total. The van der Waals surface area contributed by atoms with Crippen LogP contribution in [0.3, 0.4) is 0 Å². The van der Waals surface area contributed by atoms with Gasteiger partial charge in [0.05, 0.1) is 27.9 Å². The van der Waals surface area contributed by atoms with Gasteiger partial charge >= 0.3 is 0 Å². The number of carbonyl (C=O) groups is 2. The minimum Gasteiger partial charge on any atom is -0.345 e. The van der Waals surface area contributed by atoms with Gasteiger partial charge in [-0.3, -0.25) is 14.6 Å². The average Bonchev–Trinajstić information content (AvgIpc) is 3.46. The van der Waals surface area contributed by atoms with Crippen molar-refractivity contribution in [3.05, 3.63) is 99.6 Å². The second-order valence-electron chi connectivity index (χ2n) is 10.4. The molecule has 0 bridgehead atoms. The fraction of sp³-hybridized carbons (Fsp3) is 0.367. The van der Waals surface area contributed by atoms with Crippen molar-refractivity contribution in [2.45, 2.75) is 26.3 Å². The van der Waals surface area contributed by atoms with Crippen molar-refractivity contribution in [1.29, 1.82) is 0 Å². The summed E-state index contributed by atoms with van der Waals surface area (Å²) in [5.41, 5.74) is 3.29. The van der Waals surface area contributed by atoms with Gasteiger partial charge in [0.25, 0.3) is 11.8 Å². The number of fused-ring (bicyclic) bond motifs is 1. The second kappa shape index (κ2) is 11.2. The molecule has 2 saturated heterocycles. The summed E-state index contributed by atoms with van der Waals surface area (Å²) in [6.45, 7) is 7.55. The van der Waals surface area contributed by atoms with Crippen molar-refractivity contribution in [3.8, 4) is 0 Å². The lowest BCUT2D eigenvalue weighted by molar-refractivity contribution is 0.0769. The Morgan fingerprint density at radius 1 is 1.00 bits per heavy atom. The number of likely N-dealkylation sites (tertiary alicyclic amines) is 2. The van der Waals surface area contributed by atoms with E-state index >= 15 is 0 Å². The molecule has 0 saturated carbocycles. The first-order valence-electron chi connectivity index (χ1n) is 13.1. The predicted octanol–water partition coefficient (Wildman–Crippen LogP) is 5.06. The minimum atomic E-state index is -0.577. The molecule has 2 fully saturated rings. The molecule has 3 aromatic rings. The summed E-state index contributed by atoms with van der Waals surface area (Å²) in [5, 5.41) is 3.40. The summed E-state index contributed by atoms with van der Waals surface area (Å²) in [4.78, 5) is 34.7. The van der Waals surface area contributed by atoms with Gasteiger partial charge in [0.1, 0.15) is 5.82 Å². The molecule has 3 atom stereocenters. The van der Waals surface area contributed by atoms with Crippen LogP contribution in [0.25, 0.3) is 0 Å². The standard InChI is InChI=1S/C30H32ClFN4O2/c1-19-11-13-33-20(2)27(19)29(37)34-26(21-7-4-3-5-8-21)12-14-35-15-22-17-36(18-23(22)16-35)30(38)28-24(31)9-6-10-25(28)32/h3-11,13,22-23,26H,12,14-18H2,1-2H3,(H,34,37). The van der Waals surface area contributed by atoms with Crippen LogP contribution in [-0.2, 0) is 0 Å². The van der Waals surface area contributed by atoms with Crippen molar-refractivity contribution >= 4 is 23.4 Å². The van der Waals surface area contributed by atoms with E-state index in [2.05, 4.69) is 15.2 Å². The summed E-state index contributed by atoms with van der Waals surface area (Å²) in [7, 11) is 0. The van der Waals surface area contributed by atoms with Gasteiger partial charge in [0.15, 0.2) is 0 Å². The first-order chi connectivity index (χ1) is 18.3. The van der Waals surface area contributed by atoms with Gasteiger partial charge in [-0.15, -0.1) is 0 Å². The van der Waals surface area contributed by atoms with Crippen LogP contribution in [0.5, 0.6) is 0 Å². The molecule has 2 aromatic carbocycles. The van der Waals surface area contributed by atoms with Crippen molar-refractivity contribution < 1.29 is 14.0 Å². The molecule has 2 aliphatic heterocycles. The number of carbonyl (C=O) groups excluding carboxylic acids is 2. The van der Waals surface area contributed by atoms with E-state index in [1.165, 1.54) is 12.1 Å². The average molecular weight is 535 g/mol. The van der Waals surface area contributed by atoms with Crippen LogP contribution >= 0.6 is 11.6 Å². The smallest absolute Gasteiger partial charge is 0.258 e. The van der Waals surface area contributed by atoms with Crippen LogP contribution in [0.4, 0.5) is 4.39 Å². The predicted molar refractivity (Wildman–Crippen MR) is 146 cm³/mol. The number of hydrogen-bond acceptors (Lipinski definition) is 4. The molecule has 198 valence electrons. The summed E-state index contributed by atoms with van der Waals surface area (Å²) in [6, 6.07) is 16.1. The maximum atomic E-state index is 14.3. The number of aryl methyl sites for hydroxylation is 2. The molecule has 1 aromatic heterocycles. The lowest BCUT2D eigenvalue weighted by Gasteiger charge is -2.25. The van der Waals surface area contributed by atoms with Crippen molar-refractivity contribution in [3.63, 3.8) is 0 Å². The number of nitrogens with one attached hydrogen (secondary N) is 1. The molecule has 2 aliphatic rings. The highest BCUT2D eigenvalue weighted by atomic mass is 35.5. The Morgan fingerprint density at radius 3 is 2.37 bits per heavy atom. The first kappa shape index (κ1) is 26.3. The van der Waals surface area contributed by atoms with Crippen LogP contribution in [0.1, 0.15) is 50.0 Å². The van der Waals surface area contributed by atoms with Gasteiger partial charge in [-0.2, -0.15) is 0 Å². The maximum absolute atomic E-state index is 14.3. The highest BCUT2D eigenvalue weighted by Crippen LogP contribution is 2.34. The van der Waals surface area contributed by atoms with E-state index in [-0.39, 0.29) is 28.4 Å². The number of benzene rings is 2. The molecule has 2 amide bonds. The quantitative estimate of drug-likeness (QED) is 0.460. The zero-order valence-corrected chi connectivity index (χ0v) is 22.4. The number of aromatic nitrogens is 1. The number of halogens is 2. The summed E-state index contributed by atoms with van der Waals surface area (Å²) >= 11 is 6.13. The molecule has 3 heterocycles. The molecule has 5 rings (SSSR count). The summed E-state index contributed by atoms with van der Waals surface area (Å²) in [5.74, 6) is -0.333. The Morgan fingerprint density at radius 2 is 1.71 bits per heavy atom. The third-order valence-corrected chi connectivity index (χ3v) is 8.16. The third kappa shape index (κ3) is 5.45. The molecular weight excluding hydrogens is 503 g/mol. The Hall–Kier alpha value is -3.29. The molecular formula is C30H32ClFN4O2. The van der Waals surface area contributed by atoms with Crippen molar-refractivity contribution in [1.82, 2.24) is 20.1 Å². The minimum absolute atomic E-state index is 0.0356. The Balaban J connectivity index is 1.21. The van der Waals surface area contributed by atoms with Crippen LogP contribution in [0.15, 0.2) is 60.8 Å². The molecule has 0 radical (unpaired) electrons. The first-order valence-corrected chi connectivity index (χ1v) is 13.4. The lowest BCUT2D eigenvalue weighted by atomic mass is 10.0. The Labute approximate surface area is 227 Å². The fourth-order valence-corrected chi connectivity index (χ4v) is 6.13. The van der Waals surface area contributed by atoms with Crippen molar-refractivity contribution in [2.75, 3.05) is 32.7 Å². The fourth-order valence-electron chi connectivity index (χ4n) is 5.89. The van der Waals surface area contributed by atoms with E-state index in [4.69, 9.17) is 11.6 Å². The number of rotatable bonds is 7. The summed E-state index contributed by atoms with van der Waals surface area (Å²) in [6.07, 6.45) is 2.49. The zero-order chi connectivity index (χ0) is 26.8. The topological polar surface area (TPSA) is 65.5 Å². The highest BCUT2D eigenvalue weighted by molar-refractivity contribution is 6.33. The second-order valence-corrected chi connectivity index (χ2v) is 10.8. The van der Waals surface area contributed by atoms with Gasteiger partial charge in [0.2, 0.25) is 0 Å². The van der Waals surface area contributed by atoms with Gasteiger partial charge in [-0.25, -0.2) is 4.39 Å². The van der Waals surface area contributed by atoms with E-state index in [1.807, 2.05) is 50.2 Å². The lowest BCUT2D eigenvalue weighted by Crippen LogP contribution is -2.36. The zero-order valence-electron chi connectivity index (χ0n) is 21.7. The monoisotopic (exact) mass is 534 g/mol. The number of pyridine rings is 1. The van der Waals surface area contributed by atoms with Crippen molar-refractivity contribution in [2.24, 2.45) is 11.8 Å². The van der Waals surface area contributed by atoms with Crippen LogP contribution in [0, 0.1) is 31.5 Å². The maximum Gasteiger partial charge on any atom is 0.258 e. The molecule has 6 nitrogen and oxygen atoms in total. The van der Waals surface area contributed by atoms with Crippen LogP contribution < -0.4 is 5.32 Å². The normalized spacial score (nSPS) is 19.8. The SMILES string of the molecule is Cc1ccnc(C)c1C(=O)NC(CCN1CC2CN(C(=O)c3c(F)cccc3Cl)CC2C1)c1ccccc1. The Bertz CT molecular complexity index is 1280. The molecule has 0 spiro atoms. The van der Waals surface area contributed by atoms with E-state index in [0.717, 1.165) is 42.9 Å². The highest BCUT2D eigenvalue weighted by Gasteiger charge is 2.42. The van der Waals surface area contributed by atoms with Gasteiger partial charge in [-0.1, -0.05) is 48.0 Å². The van der Waals surface area contributed by atoms with Crippen LogP contribution in [0.2, 0.25) is 5.02 Å². The third-order valence-electron chi connectivity index (χ3n) is 7.84. The number of hydrogen-bond donors (Lipinski definition) is 1. The molecule has 0 aliphatic carbocycles. The van der Waals surface area contributed by atoms with Gasteiger partial charge < -0.3 is 15.1 Å². The van der Waals surface area contributed by atoms with Gasteiger partial charge in [-0.05, 0) is 61.4 Å². The van der Waals surface area contributed by atoms with E-state index in [9.17, 15) is 14.0 Å². The summed E-state index contributed by atoms with van der Waals surface area (Å²) < 4.78 is 14.3. The molecule has 38 heavy (non-hydrogen) atoms. The molecule has 3 unspecified atom stereocenters. The van der Waals surface area contributed by atoms with Gasteiger partial charge in [0, 0.05) is 38.9 Å².